The topological polar surface area (TPSA) is 275 Å². The first kappa shape index (κ1) is 54.4. The van der Waals surface area contributed by atoms with E-state index in [2.05, 4.69) is 31.8 Å². The van der Waals surface area contributed by atoms with Crippen molar-refractivity contribution in [1.29, 1.82) is 0 Å². The molecule has 3 amide bonds. The summed E-state index contributed by atoms with van der Waals surface area (Å²) < 4.78 is 10.8. The van der Waals surface area contributed by atoms with Crippen LogP contribution in [0.3, 0.4) is 0 Å². The molecule has 0 saturated carbocycles. The molecule has 0 saturated heterocycles. The highest BCUT2D eigenvalue weighted by Gasteiger charge is 2.29. The van der Waals surface area contributed by atoms with Gasteiger partial charge in [0.15, 0.2) is 5.78 Å². The summed E-state index contributed by atoms with van der Waals surface area (Å²) in [5.74, 6) is -3.47. The van der Waals surface area contributed by atoms with Gasteiger partial charge in [0.1, 0.15) is 24.0 Å². The van der Waals surface area contributed by atoms with Crippen LogP contribution < -0.4 is 37.9 Å². The van der Waals surface area contributed by atoms with Crippen LogP contribution in [0.5, 0.6) is 0 Å². The predicted octanol–water partition coefficient (Wildman–Crippen LogP) is 2.69. The van der Waals surface area contributed by atoms with Gasteiger partial charge in [-0.05, 0) is 89.9 Å². The highest BCUT2D eigenvalue weighted by Crippen LogP contribution is 2.23. The number of hydrogen-bond donors (Lipinski definition) is 6. The van der Waals surface area contributed by atoms with E-state index in [1.807, 2.05) is 11.0 Å². The minimum absolute atomic E-state index is 0.0161. The van der Waals surface area contributed by atoms with Crippen LogP contribution in [-0.2, 0) is 44.8 Å². The number of ketones is 2. The second-order valence-corrected chi connectivity index (χ2v) is 18.4. The van der Waals surface area contributed by atoms with Gasteiger partial charge in [-0.1, -0.05) is 33.6 Å². The molecule has 0 fully saturated rings. The van der Waals surface area contributed by atoms with Crippen molar-refractivity contribution in [2.45, 2.75) is 77.1 Å². The Morgan fingerprint density at radius 1 is 0.939 bits per heavy atom. The Morgan fingerprint density at radius 2 is 1.62 bits per heavy atom. The number of nitrogens with two attached hydrogens (primary N) is 2. The van der Waals surface area contributed by atoms with Crippen molar-refractivity contribution in [3.63, 3.8) is 0 Å². The Bertz CT molecular complexity index is 2280. The average molecular weight is 944 g/mol. The van der Waals surface area contributed by atoms with Gasteiger partial charge in [-0.15, -0.1) is 6.42 Å². The third kappa shape index (κ3) is 18.9. The number of benzene rings is 2. The Labute approximate surface area is 393 Å². The number of amides is 3. The van der Waals surface area contributed by atoms with Crippen molar-refractivity contribution >= 4 is 85.4 Å². The van der Waals surface area contributed by atoms with Crippen LogP contribution in [0.25, 0.3) is 10.9 Å². The van der Waals surface area contributed by atoms with Crippen LogP contribution in [0.1, 0.15) is 68.8 Å². The van der Waals surface area contributed by atoms with E-state index in [-0.39, 0.29) is 68.2 Å². The lowest BCUT2D eigenvalue weighted by Gasteiger charge is -2.25. The summed E-state index contributed by atoms with van der Waals surface area (Å²) in [5, 5.41) is 7.59. The molecule has 1 aromatic heterocycles. The molecule has 0 bridgehead atoms. The number of nitrogen functional groups attached to an aromatic ring is 1. The van der Waals surface area contributed by atoms with Gasteiger partial charge in [0.05, 0.1) is 30.0 Å². The fraction of sp³-hybridized carbons (Fsp3) is 0.413. The largest absolute Gasteiger partial charge is 0.465 e. The highest BCUT2D eigenvalue weighted by molar-refractivity contribution is 8.76. The van der Waals surface area contributed by atoms with E-state index >= 15 is 0 Å². The number of nitrogens with one attached hydrogen (secondary N) is 4. The van der Waals surface area contributed by atoms with Crippen molar-refractivity contribution in [2.75, 3.05) is 41.8 Å². The first-order valence-corrected chi connectivity index (χ1v) is 23.1. The van der Waals surface area contributed by atoms with Gasteiger partial charge in [0.2, 0.25) is 17.8 Å². The second kappa shape index (κ2) is 26.9. The van der Waals surface area contributed by atoms with Gasteiger partial charge < -0.3 is 41.8 Å². The molecular formula is C46H55N8O10S2. The molecule has 0 aliphatic rings. The summed E-state index contributed by atoms with van der Waals surface area (Å²) in [7, 11) is 2.69. The van der Waals surface area contributed by atoms with Crippen molar-refractivity contribution in [3.05, 3.63) is 91.3 Å². The standard InChI is InChI=1S/C46H55N8O10S2/c1-8-20-54(27-31-9-14-36-35(26-31)43(61)53-45(48)52-36)33-12-10-32(11-13-33)42(60)51-37(44(62)64-46(5,6)7)15-16-39(57)63-21-23-66-65-22-17-34(55)24-28(2)41(59)50-30(4)38(56)25-29(3)40(58)49-19-18-47/h1-4,9-14,19,26,28-30,37H,15-18,20-25,27,47H2,5-7H3,(H,49,58)(H,50,59)(H,51,60)(H3,48,52,53,61). The molecule has 8 N–H and O–H groups in total. The van der Waals surface area contributed by atoms with Gasteiger partial charge in [-0.2, -0.15) is 0 Å². The Morgan fingerprint density at radius 3 is 2.29 bits per heavy atom. The van der Waals surface area contributed by atoms with Gasteiger partial charge in [0, 0.05) is 73.4 Å². The number of fused-ring (bicyclic) bond motifs is 1. The van der Waals surface area contributed by atoms with E-state index in [0.29, 0.717) is 34.6 Å². The highest BCUT2D eigenvalue weighted by atomic mass is 33.1. The maximum Gasteiger partial charge on any atom is 0.329 e. The molecular weight excluding hydrogens is 889 g/mol. The van der Waals surface area contributed by atoms with Crippen LogP contribution >= 0.6 is 21.6 Å². The number of aromatic amines is 1. The fourth-order valence-corrected chi connectivity index (χ4v) is 7.70. The first-order valence-electron chi connectivity index (χ1n) is 20.7. The number of esters is 2. The van der Waals surface area contributed by atoms with E-state index in [9.17, 15) is 38.4 Å². The maximum absolute atomic E-state index is 13.4. The number of anilines is 2. The zero-order chi connectivity index (χ0) is 49.0. The van der Waals surface area contributed by atoms with Crippen molar-refractivity contribution in [3.8, 4) is 12.3 Å². The molecule has 20 heteroatoms. The molecule has 4 atom stereocenters. The Balaban J connectivity index is 1.42. The van der Waals surface area contributed by atoms with E-state index in [1.165, 1.54) is 28.1 Å². The van der Waals surface area contributed by atoms with Crippen LogP contribution in [0.4, 0.5) is 11.6 Å². The van der Waals surface area contributed by atoms with Crippen LogP contribution in [0.15, 0.2) is 47.3 Å². The van der Waals surface area contributed by atoms with Crippen LogP contribution in [0.2, 0.25) is 0 Å². The molecule has 18 nitrogen and oxygen atoms in total. The number of rotatable bonds is 27. The van der Waals surface area contributed by atoms with E-state index in [4.69, 9.17) is 48.1 Å². The molecule has 0 aliphatic heterocycles. The van der Waals surface area contributed by atoms with Crippen LogP contribution in [-0.4, -0.2) is 100 Å². The number of ether oxygens (including phenoxy) is 2. The number of nitrogens with zero attached hydrogens (tertiary/aromatic N) is 2. The molecule has 66 heavy (non-hydrogen) atoms. The quantitative estimate of drug-likeness (QED) is 0.0278. The number of Topliss-reactive ketones (excluding diaryl/α,β-unsaturated/α-hetero) is 2. The van der Waals surface area contributed by atoms with Gasteiger partial charge >= 0.3 is 11.9 Å². The van der Waals surface area contributed by atoms with E-state index < -0.39 is 71.4 Å². The number of hydrogen-bond acceptors (Lipinski definition) is 16. The number of carbonyl (C=O) groups is 7. The zero-order valence-corrected chi connectivity index (χ0v) is 38.6. The molecule has 7 radical (unpaired) electrons. The van der Waals surface area contributed by atoms with Gasteiger partial charge in [0.25, 0.3) is 11.5 Å². The summed E-state index contributed by atoms with van der Waals surface area (Å²) in [6, 6.07) is 9.11. The van der Waals surface area contributed by atoms with Crippen LogP contribution in [0, 0.1) is 51.5 Å². The summed E-state index contributed by atoms with van der Waals surface area (Å²) in [4.78, 5) is 109. The van der Waals surface area contributed by atoms with Crippen molar-refractivity contribution < 1.29 is 43.0 Å². The number of H-pyrrole nitrogens is 1. The maximum atomic E-state index is 13.4. The Hall–Kier alpha value is -5.91. The minimum Gasteiger partial charge on any atom is -0.465 e. The summed E-state index contributed by atoms with van der Waals surface area (Å²) in [6.45, 7) is 24.2. The lowest BCUT2D eigenvalue weighted by molar-refractivity contribution is -0.157. The lowest BCUT2D eigenvalue weighted by atomic mass is 9.98. The van der Waals surface area contributed by atoms with E-state index in [0.717, 1.165) is 5.56 Å². The summed E-state index contributed by atoms with van der Waals surface area (Å²) >= 11 is 0. The summed E-state index contributed by atoms with van der Waals surface area (Å²) in [5.41, 5.74) is 11.9. The SMILES string of the molecule is [CH]C(CC(=O)C([CH])NC(=O)C([CH])CC(=O)CCSSCCOC(=O)CCC(NC(=O)c1ccc(N(CC#C)Cc2ccc3nc(N)[nH]c(=O)c3c2)cc1)C(=O)OC(C)(C)C)C(=O)N[CH]CN. The third-order valence-electron chi connectivity index (χ3n) is 9.10. The van der Waals surface area contributed by atoms with E-state index in [1.54, 1.807) is 57.2 Å². The Kier molecular flexibility index (Phi) is 22.2. The second-order valence-electron chi connectivity index (χ2n) is 15.7. The van der Waals surface area contributed by atoms with Crippen molar-refractivity contribution in [2.24, 2.45) is 17.6 Å². The third-order valence-corrected chi connectivity index (χ3v) is 11.5. The molecule has 0 spiro atoms. The number of aromatic nitrogens is 2. The average Bonchev–Trinajstić information content (AvgIpc) is 3.25. The summed E-state index contributed by atoms with van der Waals surface area (Å²) in [6.07, 6.45) is 4.70. The molecule has 2 aromatic carbocycles. The van der Waals surface area contributed by atoms with Gasteiger partial charge in [-0.25, -0.2) is 9.78 Å². The minimum atomic E-state index is -1.48. The molecule has 1 heterocycles. The van der Waals surface area contributed by atoms with Crippen molar-refractivity contribution in [1.82, 2.24) is 25.9 Å². The molecule has 0 aliphatic carbocycles. The smallest absolute Gasteiger partial charge is 0.329 e. The normalized spacial score (nSPS) is 13.0. The molecule has 4 unspecified atom stereocenters. The molecule has 3 aromatic rings. The monoisotopic (exact) mass is 943 g/mol. The lowest BCUT2D eigenvalue weighted by Crippen LogP contribution is -2.44. The number of carbonyl (C=O) groups excluding carboxylic acids is 7. The first-order chi connectivity index (χ1) is 31.2. The zero-order valence-electron chi connectivity index (χ0n) is 37.0. The van der Waals surface area contributed by atoms with Gasteiger partial charge in [-0.3, -0.25) is 38.5 Å². The molecule has 351 valence electrons. The molecule has 3 rings (SSSR count). The number of terminal acetylenes is 1. The predicted molar refractivity (Wildman–Crippen MR) is 252 cm³/mol. The fourth-order valence-electron chi connectivity index (χ4n) is 5.84.